The molecule has 1 aromatic carbocycles. The summed E-state index contributed by atoms with van der Waals surface area (Å²) in [4.78, 5) is 4.05. The molecule has 2 rings (SSSR count). The van der Waals surface area contributed by atoms with Crippen molar-refractivity contribution < 1.29 is 26.7 Å². The van der Waals surface area contributed by atoms with E-state index in [4.69, 9.17) is 4.74 Å². The third kappa shape index (κ3) is 4.49. The lowest BCUT2D eigenvalue weighted by atomic mass is 10.2. The van der Waals surface area contributed by atoms with Gasteiger partial charge in [0.1, 0.15) is 5.75 Å². The highest BCUT2D eigenvalue weighted by molar-refractivity contribution is 7.92. The topological polar surface area (TPSA) is 77.5 Å². The van der Waals surface area contributed by atoms with E-state index in [0.29, 0.717) is 0 Å². The number of ether oxygens (including phenoxy) is 2. The number of alkyl halides is 2. The van der Waals surface area contributed by atoms with Crippen LogP contribution in [0.15, 0.2) is 30.5 Å². The third-order valence-corrected chi connectivity index (χ3v) is 4.51. The first-order valence-corrected chi connectivity index (χ1v) is 8.33. The molecule has 0 spiro atoms. The Morgan fingerprint density at radius 1 is 1.30 bits per heavy atom. The molecular formula is C14H16F2N2O4S. The molecule has 0 radical (unpaired) electrons. The predicted molar refractivity (Wildman–Crippen MR) is 82.3 cm³/mol. The average Bonchev–Trinajstić information content (AvgIpc) is 2.48. The molecule has 0 aliphatic rings. The number of pyridine rings is 1. The van der Waals surface area contributed by atoms with Gasteiger partial charge in [-0.25, -0.2) is 8.42 Å². The van der Waals surface area contributed by atoms with Gasteiger partial charge in [-0.15, -0.1) is 0 Å². The second-order valence-electron chi connectivity index (χ2n) is 4.82. The highest BCUT2D eigenvalue weighted by Gasteiger charge is 2.18. The van der Waals surface area contributed by atoms with Gasteiger partial charge in [0.2, 0.25) is 10.0 Å². The van der Waals surface area contributed by atoms with Gasteiger partial charge in [0, 0.05) is 18.7 Å². The summed E-state index contributed by atoms with van der Waals surface area (Å²) in [6.45, 7) is -1.36. The van der Waals surface area contributed by atoms with E-state index in [1.165, 1.54) is 31.5 Å². The predicted octanol–water partition coefficient (Wildman–Crippen LogP) is 2.61. The van der Waals surface area contributed by atoms with Crippen molar-refractivity contribution in [2.75, 3.05) is 17.6 Å². The molecule has 1 N–H and O–H groups in total. The van der Waals surface area contributed by atoms with Crippen molar-refractivity contribution in [3.05, 3.63) is 30.5 Å². The third-order valence-electron chi connectivity index (χ3n) is 3.07. The molecule has 0 aliphatic carbocycles. The van der Waals surface area contributed by atoms with Crippen LogP contribution in [0.5, 0.6) is 5.75 Å². The van der Waals surface area contributed by atoms with E-state index < -0.39 is 22.7 Å². The monoisotopic (exact) mass is 346 g/mol. The number of fused-ring (bicyclic) bond motifs is 1. The molecule has 0 aliphatic heterocycles. The van der Waals surface area contributed by atoms with E-state index in [9.17, 15) is 17.2 Å². The molecular weight excluding hydrogens is 330 g/mol. The number of hydrogen-bond acceptors (Lipinski definition) is 5. The first-order chi connectivity index (χ1) is 10.8. The van der Waals surface area contributed by atoms with Crippen molar-refractivity contribution in [1.29, 1.82) is 0 Å². The Balaban J connectivity index is 2.39. The van der Waals surface area contributed by atoms with E-state index in [1.807, 2.05) is 0 Å². The van der Waals surface area contributed by atoms with Gasteiger partial charge in [-0.1, -0.05) is 0 Å². The molecule has 1 atom stereocenters. The Morgan fingerprint density at radius 3 is 2.70 bits per heavy atom. The summed E-state index contributed by atoms with van der Waals surface area (Å²) in [7, 11) is -2.27. The van der Waals surface area contributed by atoms with E-state index >= 15 is 0 Å². The Bertz CT molecular complexity index is 783. The molecule has 126 valence electrons. The first-order valence-electron chi connectivity index (χ1n) is 6.68. The van der Waals surface area contributed by atoms with Gasteiger partial charge in [0.15, 0.2) is 0 Å². The first kappa shape index (κ1) is 17.4. The average molecular weight is 346 g/mol. The largest absolute Gasteiger partial charge is 0.434 e. The maximum absolute atomic E-state index is 12.4. The number of rotatable bonds is 7. The van der Waals surface area contributed by atoms with Crippen LogP contribution >= 0.6 is 0 Å². The minimum Gasteiger partial charge on any atom is -0.434 e. The van der Waals surface area contributed by atoms with Crippen molar-refractivity contribution >= 4 is 26.6 Å². The fourth-order valence-corrected chi connectivity index (χ4v) is 3.35. The number of anilines is 1. The maximum atomic E-state index is 12.4. The van der Waals surface area contributed by atoms with Gasteiger partial charge in [0.05, 0.1) is 23.1 Å². The minimum absolute atomic E-state index is 0.0729. The highest BCUT2D eigenvalue weighted by atomic mass is 32.2. The number of benzene rings is 1. The normalized spacial score (nSPS) is 13.3. The van der Waals surface area contributed by atoms with Crippen molar-refractivity contribution in [2.24, 2.45) is 0 Å². The molecule has 1 heterocycles. The van der Waals surface area contributed by atoms with E-state index in [0.717, 1.165) is 0 Å². The van der Waals surface area contributed by atoms with E-state index in [-0.39, 0.29) is 28.1 Å². The summed E-state index contributed by atoms with van der Waals surface area (Å²) in [5.41, 5.74) is 0.407. The molecule has 1 unspecified atom stereocenters. The van der Waals surface area contributed by atoms with Crippen LogP contribution in [-0.4, -0.2) is 39.0 Å². The SMILES string of the molecule is COC(C)CS(=O)(=O)Nc1ccc(OC(F)F)c2cccnc12. The van der Waals surface area contributed by atoms with Crippen LogP contribution in [0.3, 0.4) is 0 Å². The molecule has 9 heteroatoms. The lowest BCUT2D eigenvalue weighted by molar-refractivity contribution is -0.0487. The van der Waals surface area contributed by atoms with Crippen LogP contribution in [0.2, 0.25) is 0 Å². The minimum atomic E-state index is -3.68. The summed E-state index contributed by atoms with van der Waals surface area (Å²) < 4.78 is 60.8. The lowest BCUT2D eigenvalue weighted by Gasteiger charge is -2.14. The zero-order valence-corrected chi connectivity index (χ0v) is 13.3. The number of nitrogens with one attached hydrogen (secondary N) is 1. The molecule has 1 aromatic heterocycles. The number of sulfonamides is 1. The lowest BCUT2D eigenvalue weighted by Crippen LogP contribution is -2.25. The van der Waals surface area contributed by atoms with Crippen LogP contribution in [0.1, 0.15) is 6.92 Å². The zero-order chi connectivity index (χ0) is 17.0. The molecule has 0 bridgehead atoms. The number of halogens is 2. The molecule has 0 saturated heterocycles. The van der Waals surface area contributed by atoms with Crippen molar-refractivity contribution in [2.45, 2.75) is 19.6 Å². The molecule has 0 fully saturated rings. The highest BCUT2D eigenvalue weighted by Crippen LogP contribution is 2.31. The van der Waals surface area contributed by atoms with Gasteiger partial charge >= 0.3 is 6.61 Å². The molecule has 0 amide bonds. The number of hydrogen-bond donors (Lipinski definition) is 1. The Labute approximate surface area is 132 Å². The van der Waals surface area contributed by atoms with Crippen molar-refractivity contribution in [3.8, 4) is 5.75 Å². The second-order valence-corrected chi connectivity index (χ2v) is 6.59. The summed E-state index contributed by atoms with van der Waals surface area (Å²) >= 11 is 0. The number of nitrogens with zero attached hydrogens (tertiary/aromatic N) is 1. The molecule has 0 saturated carbocycles. The Morgan fingerprint density at radius 2 is 2.04 bits per heavy atom. The Hall–Kier alpha value is -2.00. The fraction of sp³-hybridized carbons (Fsp3) is 0.357. The molecule has 23 heavy (non-hydrogen) atoms. The number of methoxy groups -OCH3 is 1. The van der Waals surface area contributed by atoms with Crippen LogP contribution in [0, 0.1) is 0 Å². The van der Waals surface area contributed by atoms with Crippen LogP contribution in [-0.2, 0) is 14.8 Å². The van der Waals surface area contributed by atoms with Crippen molar-refractivity contribution in [3.63, 3.8) is 0 Å². The van der Waals surface area contributed by atoms with Gasteiger partial charge < -0.3 is 9.47 Å². The molecule has 2 aromatic rings. The van der Waals surface area contributed by atoms with Crippen molar-refractivity contribution in [1.82, 2.24) is 4.98 Å². The Kier molecular flexibility index (Phi) is 5.32. The summed E-state index contributed by atoms with van der Waals surface area (Å²) in [6.07, 6.45) is 0.942. The van der Waals surface area contributed by atoms with E-state index in [2.05, 4.69) is 14.4 Å². The quantitative estimate of drug-likeness (QED) is 0.834. The van der Waals surface area contributed by atoms with Gasteiger partial charge in [-0.05, 0) is 31.2 Å². The van der Waals surface area contributed by atoms with Gasteiger partial charge in [-0.3, -0.25) is 9.71 Å². The van der Waals surface area contributed by atoms with Gasteiger partial charge in [-0.2, -0.15) is 8.78 Å². The fourth-order valence-electron chi connectivity index (χ4n) is 2.01. The summed E-state index contributed by atoms with van der Waals surface area (Å²) in [6, 6.07) is 5.68. The molecule has 6 nitrogen and oxygen atoms in total. The van der Waals surface area contributed by atoms with Crippen LogP contribution in [0.25, 0.3) is 10.9 Å². The maximum Gasteiger partial charge on any atom is 0.387 e. The smallest absolute Gasteiger partial charge is 0.387 e. The van der Waals surface area contributed by atoms with Gasteiger partial charge in [0.25, 0.3) is 0 Å². The van der Waals surface area contributed by atoms with E-state index in [1.54, 1.807) is 13.0 Å². The van der Waals surface area contributed by atoms with Crippen LogP contribution < -0.4 is 9.46 Å². The summed E-state index contributed by atoms with van der Waals surface area (Å²) in [5, 5.41) is 0.285. The number of aromatic nitrogens is 1. The second kappa shape index (κ2) is 7.05. The standard InChI is InChI=1S/C14H16F2N2O4S/c1-9(21-2)8-23(19,20)18-11-5-6-12(22-14(15)16)10-4-3-7-17-13(10)11/h3-7,9,14,18H,8H2,1-2H3. The zero-order valence-electron chi connectivity index (χ0n) is 12.5. The van der Waals surface area contributed by atoms with Crippen LogP contribution in [0.4, 0.5) is 14.5 Å². The summed E-state index contributed by atoms with van der Waals surface area (Å²) in [5.74, 6) is -0.316.